The molecule has 0 aromatic heterocycles. The first-order valence-electron chi connectivity index (χ1n) is 4.46. The van der Waals surface area contributed by atoms with Crippen molar-refractivity contribution >= 4 is 0 Å². The maximum Gasteiger partial charge on any atom is 0.101 e. The first kappa shape index (κ1) is 9.60. The molecule has 0 amide bonds. The van der Waals surface area contributed by atoms with E-state index in [2.05, 4.69) is 24.1 Å². The molecule has 0 aromatic rings. The zero-order valence-electron chi connectivity index (χ0n) is 7.79. The molecule has 0 unspecified atom stereocenters. The zero-order chi connectivity index (χ0) is 9.68. The summed E-state index contributed by atoms with van der Waals surface area (Å²) in [7, 11) is 0. The van der Waals surface area contributed by atoms with E-state index in [0.29, 0.717) is 5.57 Å². The largest absolute Gasteiger partial charge is 0.371 e. The molecular formula is C11H14N2. The van der Waals surface area contributed by atoms with Crippen molar-refractivity contribution in [3.05, 3.63) is 36.6 Å². The highest BCUT2D eigenvalue weighted by Gasteiger charge is 2.15. The van der Waals surface area contributed by atoms with Gasteiger partial charge in [0, 0.05) is 18.8 Å². The first-order valence-corrected chi connectivity index (χ1v) is 4.46. The second-order valence-corrected chi connectivity index (χ2v) is 3.07. The molecule has 0 bridgehead atoms. The highest BCUT2D eigenvalue weighted by molar-refractivity contribution is 5.41. The maximum atomic E-state index is 8.83. The van der Waals surface area contributed by atoms with Gasteiger partial charge in [-0.25, -0.2) is 0 Å². The van der Waals surface area contributed by atoms with Gasteiger partial charge in [-0.2, -0.15) is 5.26 Å². The van der Waals surface area contributed by atoms with Gasteiger partial charge in [0.05, 0.1) is 5.57 Å². The van der Waals surface area contributed by atoms with Crippen LogP contribution in [0, 0.1) is 11.3 Å². The molecule has 2 heteroatoms. The molecule has 0 atom stereocenters. The van der Waals surface area contributed by atoms with E-state index in [0.717, 1.165) is 18.8 Å². The molecule has 2 nitrogen and oxygen atoms in total. The third kappa shape index (κ3) is 2.22. The van der Waals surface area contributed by atoms with Gasteiger partial charge in [0.15, 0.2) is 0 Å². The molecular weight excluding hydrogens is 160 g/mol. The first-order chi connectivity index (χ1) is 6.29. The number of likely N-dealkylation sites (tertiary alicyclic amines) is 1. The second-order valence-electron chi connectivity index (χ2n) is 3.07. The summed E-state index contributed by atoms with van der Waals surface area (Å²) < 4.78 is 0. The van der Waals surface area contributed by atoms with Crippen LogP contribution in [0.2, 0.25) is 0 Å². The molecule has 0 saturated carbocycles. The zero-order valence-corrected chi connectivity index (χ0v) is 7.79. The average molecular weight is 174 g/mol. The molecule has 1 rings (SSSR count). The molecule has 1 aliphatic heterocycles. The van der Waals surface area contributed by atoms with Crippen LogP contribution in [-0.2, 0) is 0 Å². The van der Waals surface area contributed by atoms with Crippen LogP contribution in [0.3, 0.4) is 0 Å². The van der Waals surface area contributed by atoms with Crippen molar-refractivity contribution < 1.29 is 0 Å². The third-order valence-electron chi connectivity index (χ3n) is 2.20. The van der Waals surface area contributed by atoms with Gasteiger partial charge in [0.25, 0.3) is 0 Å². The fraction of sp³-hybridized carbons (Fsp3) is 0.364. The normalized spacial score (nSPS) is 16.8. The standard InChI is InChI=1S/C11H14N2/c1-3-6-11(9-12)10(2)13-7-4-5-8-13/h3,6H,1-2,4-5,7-8H2/b11-6-. The van der Waals surface area contributed by atoms with Gasteiger partial charge in [-0.15, -0.1) is 0 Å². The fourth-order valence-corrected chi connectivity index (χ4v) is 1.47. The monoisotopic (exact) mass is 174 g/mol. The van der Waals surface area contributed by atoms with Crippen LogP contribution >= 0.6 is 0 Å². The number of hydrogen-bond acceptors (Lipinski definition) is 2. The summed E-state index contributed by atoms with van der Waals surface area (Å²) in [6.45, 7) is 9.53. The molecule has 1 saturated heterocycles. The van der Waals surface area contributed by atoms with Crippen molar-refractivity contribution in [1.29, 1.82) is 5.26 Å². The Bertz CT molecular complexity index is 275. The Morgan fingerprint density at radius 1 is 1.38 bits per heavy atom. The van der Waals surface area contributed by atoms with E-state index >= 15 is 0 Å². The summed E-state index contributed by atoms with van der Waals surface area (Å²) in [4.78, 5) is 2.15. The van der Waals surface area contributed by atoms with E-state index in [-0.39, 0.29) is 0 Å². The van der Waals surface area contributed by atoms with E-state index in [1.165, 1.54) is 12.8 Å². The summed E-state index contributed by atoms with van der Waals surface area (Å²) in [6, 6.07) is 2.13. The summed E-state index contributed by atoms with van der Waals surface area (Å²) in [5.41, 5.74) is 1.46. The SMILES string of the molecule is C=C/C=C(/C#N)C(=C)N1CCCC1. The number of hydrogen-bond donors (Lipinski definition) is 0. The smallest absolute Gasteiger partial charge is 0.101 e. The van der Waals surface area contributed by atoms with Crippen molar-refractivity contribution in [3.8, 4) is 6.07 Å². The lowest BCUT2D eigenvalue weighted by atomic mass is 10.2. The summed E-state index contributed by atoms with van der Waals surface area (Å²) >= 11 is 0. The molecule has 0 spiro atoms. The van der Waals surface area contributed by atoms with Crippen LogP contribution in [0.5, 0.6) is 0 Å². The highest BCUT2D eigenvalue weighted by Crippen LogP contribution is 2.18. The van der Waals surface area contributed by atoms with Crippen molar-refractivity contribution in [2.75, 3.05) is 13.1 Å². The average Bonchev–Trinajstić information content (AvgIpc) is 2.65. The van der Waals surface area contributed by atoms with Crippen LogP contribution < -0.4 is 0 Å². The molecule has 68 valence electrons. The number of rotatable bonds is 3. The van der Waals surface area contributed by atoms with Crippen LogP contribution in [0.15, 0.2) is 36.6 Å². The Morgan fingerprint density at radius 3 is 2.46 bits per heavy atom. The van der Waals surface area contributed by atoms with Crippen molar-refractivity contribution in [1.82, 2.24) is 4.90 Å². The minimum Gasteiger partial charge on any atom is -0.371 e. The van der Waals surface area contributed by atoms with Gasteiger partial charge in [-0.3, -0.25) is 0 Å². The number of allylic oxidation sites excluding steroid dienone is 3. The maximum absolute atomic E-state index is 8.83. The summed E-state index contributed by atoms with van der Waals surface area (Å²) in [5, 5.41) is 8.83. The van der Waals surface area contributed by atoms with Gasteiger partial charge < -0.3 is 4.90 Å². The summed E-state index contributed by atoms with van der Waals surface area (Å²) in [6.07, 6.45) is 5.73. The number of nitrogens with zero attached hydrogens (tertiary/aromatic N) is 2. The van der Waals surface area contributed by atoms with Crippen LogP contribution in [0.25, 0.3) is 0 Å². The topological polar surface area (TPSA) is 27.0 Å². The Kier molecular flexibility index (Phi) is 3.33. The molecule has 0 aromatic carbocycles. The van der Waals surface area contributed by atoms with E-state index in [1.807, 2.05) is 0 Å². The quantitative estimate of drug-likeness (QED) is 0.484. The summed E-state index contributed by atoms with van der Waals surface area (Å²) in [5.74, 6) is 0. The van der Waals surface area contributed by atoms with E-state index < -0.39 is 0 Å². The van der Waals surface area contributed by atoms with Gasteiger partial charge in [-0.05, 0) is 18.9 Å². The van der Waals surface area contributed by atoms with Gasteiger partial charge in [-0.1, -0.05) is 19.2 Å². The lowest BCUT2D eigenvalue weighted by Crippen LogP contribution is -2.18. The Morgan fingerprint density at radius 2 is 2.00 bits per heavy atom. The van der Waals surface area contributed by atoms with Gasteiger partial charge in [0.1, 0.15) is 6.07 Å². The van der Waals surface area contributed by atoms with E-state index in [1.54, 1.807) is 12.2 Å². The number of nitriles is 1. The molecule has 13 heavy (non-hydrogen) atoms. The van der Waals surface area contributed by atoms with Gasteiger partial charge in [0.2, 0.25) is 0 Å². The van der Waals surface area contributed by atoms with Crippen LogP contribution in [-0.4, -0.2) is 18.0 Å². The highest BCUT2D eigenvalue weighted by atomic mass is 15.1. The third-order valence-corrected chi connectivity index (χ3v) is 2.20. The molecule has 0 radical (unpaired) electrons. The molecule has 1 heterocycles. The lowest BCUT2D eigenvalue weighted by molar-refractivity contribution is 0.438. The molecule has 0 N–H and O–H groups in total. The molecule has 1 aliphatic rings. The second kappa shape index (κ2) is 4.51. The van der Waals surface area contributed by atoms with Crippen LogP contribution in [0.1, 0.15) is 12.8 Å². The predicted octanol–water partition coefficient (Wildman–Crippen LogP) is 2.23. The Hall–Kier alpha value is -1.49. The molecule has 1 fully saturated rings. The fourth-order valence-electron chi connectivity index (χ4n) is 1.47. The van der Waals surface area contributed by atoms with Crippen LogP contribution in [0.4, 0.5) is 0 Å². The van der Waals surface area contributed by atoms with Gasteiger partial charge >= 0.3 is 0 Å². The molecule has 0 aliphatic carbocycles. The van der Waals surface area contributed by atoms with Crippen molar-refractivity contribution in [2.45, 2.75) is 12.8 Å². The lowest BCUT2D eigenvalue weighted by Gasteiger charge is -2.19. The van der Waals surface area contributed by atoms with Crippen molar-refractivity contribution in [2.24, 2.45) is 0 Å². The Labute approximate surface area is 79.5 Å². The van der Waals surface area contributed by atoms with Crippen molar-refractivity contribution in [3.63, 3.8) is 0 Å². The van der Waals surface area contributed by atoms with E-state index in [9.17, 15) is 0 Å². The Balaban J connectivity index is 2.70. The van der Waals surface area contributed by atoms with E-state index in [4.69, 9.17) is 5.26 Å². The predicted molar refractivity (Wildman–Crippen MR) is 53.8 cm³/mol. The minimum absolute atomic E-state index is 0.622. The minimum atomic E-state index is 0.622.